The second-order valence-corrected chi connectivity index (χ2v) is 10.3. The average Bonchev–Trinajstić information content (AvgIpc) is 3.31. The first-order valence-electron chi connectivity index (χ1n) is 11.9. The second-order valence-electron chi connectivity index (χ2n) is 9.34. The van der Waals surface area contributed by atoms with Crippen molar-refractivity contribution in [2.24, 2.45) is 0 Å². The third kappa shape index (κ3) is 5.79. The number of carbonyl (C=O) groups is 1. The van der Waals surface area contributed by atoms with Gasteiger partial charge in [-0.1, -0.05) is 56.8 Å². The van der Waals surface area contributed by atoms with Crippen molar-refractivity contribution in [3.05, 3.63) is 83.9 Å². The Morgan fingerprint density at radius 2 is 1.53 bits per heavy atom. The van der Waals surface area contributed by atoms with Crippen LogP contribution in [0.4, 0.5) is 0 Å². The van der Waals surface area contributed by atoms with Crippen LogP contribution < -0.4 is 9.47 Å². The molecule has 6 nitrogen and oxygen atoms in total. The molecule has 3 aromatic carbocycles. The van der Waals surface area contributed by atoms with Crippen molar-refractivity contribution in [2.45, 2.75) is 38.3 Å². The Labute approximate surface area is 216 Å². The van der Waals surface area contributed by atoms with E-state index >= 15 is 0 Å². The van der Waals surface area contributed by atoms with E-state index < -0.39 is 0 Å². The zero-order valence-corrected chi connectivity index (χ0v) is 22.1. The molecule has 0 amide bonds. The molecule has 0 atom stereocenters. The second kappa shape index (κ2) is 11.0. The molecule has 0 N–H and O–H groups in total. The van der Waals surface area contributed by atoms with E-state index in [2.05, 4.69) is 55.2 Å². The van der Waals surface area contributed by atoms with Crippen LogP contribution in [-0.4, -0.2) is 40.0 Å². The highest BCUT2D eigenvalue weighted by molar-refractivity contribution is 7.99. The molecule has 0 saturated carbocycles. The fraction of sp³-hybridized carbons (Fsp3) is 0.276. The van der Waals surface area contributed by atoms with Gasteiger partial charge in [0.1, 0.15) is 11.5 Å². The number of Topliss-reactive ketones (excluding diaryl/α,β-unsaturated/α-hetero) is 1. The Morgan fingerprint density at radius 1 is 0.889 bits per heavy atom. The molecule has 4 rings (SSSR count). The zero-order valence-electron chi connectivity index (χ0n) is 21.3. The van der Waals surface area contributed by atoms with Crippen LogP contribution in [0.1, 0.15) is 43.6 Å². The van der Waals surface area contributed by atoms with Gasteiger partial charge >= 0.3 is 0 Å². The summed E-state index contributed by atoms with van der Waals surface area (Å²) in [5, 5.41) is 9.62. The molecular weight excluding hydrogens is 470 g/mol. The summed E-state index contributed by atoms with van der Waals surface area (Å²) in [5.41, 5.74) is 3.80. The molecule has 1 aromatic heterocycles. The lowest BCUT2D eigenvalue weighted by atomic mass is 9.87. The lowest BCUT2D eigenvalue weighted by Gasteiger charge is -2.19. The van der Waals surface area contributed by atoms with Gasteiger partial charge in [0.25, 0.3) is 0 Å². The molecule has 0 aliphatic heterocycles. The summed E-state index contributed by atoms with van der Waals surface area (Å²) in [4.78, 5) is 12.9. The minimum absolute atomic E-state index is 0.0170. The van der Waals surface area contributed by atoms with E-state index in [4.69, 9.17) is 9.47 Å². The minimum atomic E-state index is 0.0170. The summed E-state index contributed by atoms with van der Waals surface area (Å²) in [6.45, 7) is 9.10. The largest absolute Gasteiger partial charge is 0.497 e. The van der Waals surface area contributed by atoms with Crippen LogP contribution >= 0.6 is 11.8 Å². The normalized spacial score (nSPS) is 11.4. The van der Waals surface area contributed by atoms with Crippen LogP contribution in [0.5, 0.6) is 11.5 Å². The van der Waals surface area contributed by atoms with E-state index in [-0.39, 0.29) is 17.0 Å². The van der Waals surface area contributed by atoms with Crippen LogP contribution in [0.25, 0.3) is 17.1 Å². The first-order chi connectivity index (χ1) is 17.3. The maximum absolute atomic E-state index is 12.9. The van der Waals surface area contributed by atoms with Crippen molar-refractivity contribution in [3.8, 4) is 28.6 Å². The Hall–Kier alpha value is -3.58. The van der Waals surface area contributed by atoms with Crippen molar-refractivity contribution in [2.75, 3.05) is 19.5 Å². The Balaban J connectivity index is 1.63. The van der Waals surface area contributed by atoms with Gasteiger partial charge in [-0.15, -0.1) is 10.2 Å². The predicted octanol–water partition coefficient (Wildman–Crippen LogP) is 6.61. The summed E-state index contributed by atoms with van der Waals surface area (Å²) < 4.78 is 12.8. The maximum atomic E-state index is 12.9. The van der Waals surface area contributed by atoms with Crippen molar-refractivity contribution < 1.29 is 14.3 Å². The third-order valence-electron chi connectivity index (χ3n) is 5.79. The number of hydrogen-bond donors (Lipinski definition) is 0. The number of rotatable bonds is 9. The van der Waals surface area contributed by atoms with Gasteiger partial charge in [0, 0.05) is 16.8 Å². The fourth-order valence-corrected chi connectivity index (χ4v) is 4.60. The van der Waals surface area contributed by atoms with E-state index in [1.807, 2.05) is 47.9 Å². The number of aromatic nitrogens is 3. The molecule has 4 aromatic rings. The predicted molar refractivity (Wildman–Crippen MR) is 145 cm³/mol. The van der Waals surface area contributed by atoms with E-state index in [1.165, 1.54) is 17.3 Å². The SMILES string of the molecule is CCOc1ccc(C(=O)CSc2nnc(-c3ccc(C(C)(C)C)cc3)n2-c2ccc(OC)cc2)cc1. The van der Waals surface area contributed by atoms with Crippen molar-refractivity contribution in [3.63, 3.8) is 0 Å². The molecule has 0 spiro atoms. The summed E-state index contributed by atoms with van der Waals surface area (Å²) >= 11 is 1.37. The number of hydrogen-bond acceptors (Lipinski definition) is 6. The fourth-order valence-electron chi connectivity index (χ4n) is 3.75. The van der Waals surface area contributed by atoms with Crippen molar-refractivity contribution >= 4 is 17.5 Å². The molecule has 1 heterocycles. The van der Waals surface area contributed by atoms with Gasteiger partial charge in [-0.25, -0.2) is 0 Å². The lowest BCUT2D eigenvalue weighted by molar-refractivity contribution is 0.102. The zero-order chi connectivity index (χ0) is 25.7. The quantitative estimate of drug-likeness (QED) is 0.190. The first kappa shape index (κ1) is 25.5. The Kier molecular flexibility index (Phi) is 7.79. The van der Waals surface area contributed by atoms with Crippen LogP contribution in [0, 0.1) is 0 Å². The molecule has 186 valence electrons. The maximum Gasteiger partial charge on any atom is 0.196 e. The number of methoxy groups -OCH3 is 1. The van der Waals surface area contributed by atoms with Crippen molar-refractivity contribution in [1.82, 2.24) is 14.8 Å². The van der Waals surface area contributed by atoms with Gasteiger partial charge in [0.05, 0.1) is 19.5 Å². The summed E-state index contributed by atoms with van der Waals surface area (Å²) in [7, 11) is 1.64. The molecular formula is C29H31N3O3S. The third-order valence-corrected chi connectivity index (χ3v) is 6.72. The first-order valence-corrected chi connectivity index (χ1v) is 12.9. The van der Waals surface area contributed by atoms with Crippen LogP contribution in [0.3, 0.4) is 0 Å². The van der Waals surface area contributed by atoms with Crippen LogP contribution in [-0.2, 0) is 5.41 Å². The highest BCUT2D eigenvalue weighted by Crippen LogP contribution is 2.31. The highest BCUT2D eigenvalue weighted by atomic mass is 32.2. The number of carbonyl (C=O) groups excluding carboxylic acids is 1. The minimum Gasteiger partial charge on any atom is -0.497 e. The van der Waals surface area contributed by atoms with Crippen LogP contribution in [0.2, 0.25) is 0 Å². The summed E-state index contributed by atoms with van der Waals surface area (Å²) in [6.07, 6.45) is 0. The number of ether oxygens (including phenoxy) is 2. The van der Waals surface area contributed by atoms with Crippen LogP contribution in [0.15, 0.2) is 78.0 Å². The average molecular weight is 502 g/mol. The smallest absolute Gasteiger partial charge is 0.196 e. The van der Waals surface area contributed by atoms with Gasteiger partial charge < -0.3 is 9.47 Å². The van der Waals surface area contributed by atoms with Gasteiger partial charge in [0.2, 0.25) is 0 Å². The lowest BCUT2D eigenvalue weighted by Crippen LogP contribution is -2.10. The molecule has 0 aliphatic rings. The molecule has 0 aliphatic carbocycles. The number of ketones is 1. The standard InChI is InChI=1S/C29H31N3O3S/c1-6-35-25-15-9-20(10-16-25)26(33)19-36-28-31-30-27(21-7-11-22(12-8-21)29(2,3)4)32(28)23-13-17-24(34-5)18-14-23/h7-18H,6,19H2,1-5H3. The molecule has 0 saturated heterocycles. The molecule has 36 heavy (non-hydrogen) atoms. The van der Waals surface area contributed by atoms with Gasteiger partial charge in [-0.05, 0) is 66.4 Å². The van der Waals surface area contributed by atoms with E-state index in [0.29, 0.717) is 17.3 Å². The molecule has 7 heteroatoms. The molecule has 0 unspecified atom stereocenters. The molecule has 0 radical (unpaired) electrons. The van der Waals surface area contributed by atoms with Gasteiger partial charge in [-0.3, -0.25) is 9.36 Å². The Morgan fingerprint density at radius 3 is 2.11 bits per heavy atom. The highest BCUT2D eigenvalue weighted by Gasteiger charge is 2.19. The number of benzene rings is 3. The van der Waals surface area contributed by atoms with Gasteiger partial charge in [-0.2, -0.15) is 0 Å². The van der Waals surface area contributed by atoms with Crippen molar-refractivity contribution in [1.29, 1.82) is 0 Å². The van der Waals surface area contributed by atoms with Gasteiger partial charge in [0.15, 0.2) is 16.8 Å². The van der Waals surface area contributed by atoms with E-state index in [0.717, 1.165) is 28.6 Å². The monoisotopic (exact) mass is 501 g/mol. The number of nitrogens with zero attached hydrogens (tertiary/aromatic N) is 3. The van der Waals surface area contributed by atoms with E-state index in [1.54, 1.807) is 19.2 Å². The molecule has 0 fully saturated rings. The summed E-state index contributed by atoms with van der Waals surface area (Å²) in [5.74, 6) is 2.50. The van der Waals surface area contributed by atoms with E-state index in [9.17, 15) is 4.79 Å². The molecule has 0 bridgehead atoms. The Bertz CT molecular complexity index is 1310. The summed E-state index contributed by atoms with van der Waals surface area (Å²) in [6, 6.07) is 23.4. The topological polar surface area (TPSA) is 66.2 Å². The number of thioether (sulfide) groups is 1.